The number of hydrogen-bond donors (Lipinski definition) is 0. The average molecular weight is 363 g/mol. The van der Waals surface area contributed by atoms with Gasteiger partial charge in [-0.15, -0.1) is 0 Å². The van der Waals surface area contributed by atoms with E-state index in [0.29, 0.717) is 29.6 Å². The molecule has 0 N–H and O–H groups in total. The molecule has 0 aromatic heterocycles. The van der Waals surface area contributed by atoms with Crippen molar-refractivity contribution in [2.24, 2.45) is 0 Å². The van der Waals surface area contributed by atoms with Crippen molar-refractivity contribution < 1.29 is 17.9 Å². The molecule has 6 heteroatoms. The molecule has 0 amide bonds. The topological polar surface area (TPSA) is 55.8 Å². The molecule has 0 radical (unpaired) electrons. The standard InChI is InChI=1S/C19H25NO4S/c1-6-20(16-9-7-15(8-10-16)14(2)3)25(21,22)17-11-12-18(23-4)19(13-17)24-5/h7-14H,6H2,1-5H3. The Kier molecular flexibility index (Phi) is 5.95. The summed E-state index contributed by atoms with van der Waals surface area (Å²) in [6.45, 7) is 6.35. The Labute approximate surface area is 150 Å². The molecule has 0 saturated carbocycles. The highest BCUT2D eigenvalue weighted by Gasteiger charge is 2.25. The zero-order valence-electron chi connectivity index (χ0n) is 15.3. The van der Waals surface area contributed by atoms with E-state index < -0.39 is 10.0 Å². The van der Waals surface area contributed by atoms with Gasteiger partial charge in [0.15, 0.2) is 11.5 Å². The van der Waals surface area contributed by atoms with Gasteiger partial charge in [0.25, 0.3) is 10.0 Å². The zero-order chi connectivity index (χ0) is 18.6. The number of ether oxygens (including phenoxy) is 2. The van der Waals surface area contributed by atoms with Crippen molar-refractivity contribution in [3.63, 3.8) is 0 Å². The van der Waals surface area contributed by atoms with E-state index in [9.17, 15) is 8.42 Å². The summed E-state index contributed by atoms with van der Waals surface area (Å²) in [6, 6.07) is 12.2. The highest BCUT2D eigenvalue weighted by atomic mass is 32.2. The van der Waals surface area contributed by atoms with E-state index in [4.69, 9.17) is 9.47 Å². The summed E-state index contributed by atoms with van der Waals surface area (Å²) in [5, 5.41) is 0. The van der Waals surface area contributed by atoms with Crippen molar-refractivity contribution in [1.82, 2.24) is 0 Å². The number of anilines is 1. The van der Waals surface area contributed by atoms with Crippen LogP contribution in [0, 0.1) is 0 Å². The van der Waals surface area contributed by atoms with Gasteiger partial charge in [-0.3, -0.25) is 4.31 Å². The number of hydrogen-bond acceptors (Lipinski definition) is 4. The van der Waals surface area contributed by atoms with Crippen LogP contribution in [0.15, 0.2) is 47.4 Å². The molecule has 136 valence electrons. The summed E-state index contributed by atoms with van der Waals surface area (Å²) in [5.41, 5.74) is 1.81. The molecular formula is C19H25NO4S. The van der Waals surface area contributed by atoms with Gasteiger partial charge in [-0.2, -0.15) is 0 Å². The van der Waals surface area contributed by atoms with Gasteiger partial charge >= 0.3 is 0 Å². The molecule has 0 atom stereocenters. The number of sulfonamides is 1. The van der Waals surface area contributed by atoms with Crippen LogP contribution in [0.5, 0.6) is 11.5 Å². The molecule has 0 aliphatic carbocycles. The summed E-state index contributed by atoms with van der Waals surface area (Å²) in [4.78, 5) is 0.167. The Balaban J connectivity index is 2.45. The first-order valence-corrected chi connectivity index (χ1v) is 9.63. The monoisotopic (exact) mass is 363 g/mol. The van der Waals surface area contributed by atoms with Crippen molar-refractivity contribution in [1.29, 1.82) is 0 Å². The van der Waals surface area contributed by atoms with E-state index >= 15 is 0 Å². The first-order chi connectivity index (χ1) is 11.8. The molecule has 2 aromatic carbocycles. The Morgan fingerprint density at radius 2 is 1.56 bits per heavy atom. The van der Waals surface area contributed by atoms with E-state index in [1.54, 1.807) is 6.07 Å². The van der Waals surface area contributed by atoms with Gasteiger partial charge in [0.05, 0.1) is 24.8 Å². The van der Waals surface area contributed by atoms with E-state index in [1.165, 1.54) is 36.2 Å². The zero-order valence-corrected chi connectivity index (χ0v) is 16.1. The minimum atomic E-state index is -3.70. The smallest absolute Gasteiger partial charge is 0.264 e. The predicted molar refractivity (Wildman–Crippen MR) is 100 cm³/mol. The lowest BCUT2D eigenvalue weighted by Gasteiger charge is -2.24. The number of methoxy groups -OCH3 is 2. The highest BCUT2D eigenvalue weighted by molar-refractivity contribution is 7.92. The first kappa shape index (κ1) is 19.1. The maximum absolute atomic E-state index is 13.1. The van der Waals surface area contributed by atoms with E-state index in [1.807, 2.05) is 31.2 Å². The highest BCUT2D eigenvalue weighted by Crippen LogP contribution is 2.32. The molecule has 2 aromatic rings. The summed E-state index contributed by atoms with van der Waals surface area (Å²) in [7, 11) is -0.700. The minimum absolute atomic E-state index is 0.167. The maximum atomic E-state index is 13.1. The Morgan fingerprint density at radius 1 is 0.960 bits per heavy atom. The molecule has 0 bridgehead atoms. The fourth-order valence-electron chi connectivity index (χ4n) is 2.62. The third kappa shape index (κ3) is 3.90. The maximum Gasteiger partial charge on any atom is 0.264 e. The molecule has 5 nitrogen and oxygen atoms in total. The molecule has 0 spiro atoms. The van der Waals surface area contributed by atoms with Crippen LogP contribution in [-0.4, -0.2) is 29.2 Å². The molecule has 0 fully saturated rings. The molecule has 2 rings (SSSR count). The number of nitrogens with zero attached hydrogens (tertiary/aromatic N) is 1. The predicted octanol–water partition coefficient (Wildman–Crippen LogP) is 4.04. The molecule has 0 aliphatic heterocycles. The summed E-state index contributed by atoms with van der Waals surface area (Å²) in [5.74, 6) is 1.27. The van der Waals surface area contributed by atoms with Crippen molar-refractivity contribution in [3.8, 4) is 11.5 Å². The van der Waals surface area contributed by atoms with Gasteiger partial charge in [0.2, 0.25) is 0 Å². The molecule has 0 aliphatic rings. The van der Waals surface area contributed by atoms with Crippen LogP contribution < -0.4 is 13.8 Å². The second kappa shape index (κ2) is 7.78. The summed E-state index contributed by atoms with van der Waals surface area (Å²) in [6.07, 6.45) is 0. The van der Waals surface area contributed by atoms with Gasteiger partial charge in [-0.05, 0) is 42.7 Å². The van der Waals surface area contributed by atoms with Crippen molar-refractivity contribution >= 4 is 15.7 Å². The third-order valence-corrected chi connectivity index (χ3v) is 5.98. The van der Waals surface area contributed by atoms with Gasteiger partial charge in [-0.25, -0.2) is 8.42 Å². The summed E-state index contributed by atoms with van der Waals surface area (Å²) >= 11 is 0. The van der Waals surface area contributed by atoms with Crippen molar-refractivity contribution in [2.75, 3.05) is 25.1 Å². The normalized spacial score (nSPS) is 11.4. The Morgan fingerprint density at radius 3 is 2.04 bits per heavy atom. The van der Waals surface area contributed by atoms with Crippen LogP contribution >= 0.6 is 0 Å². The van der Waals surface area contributed by atoms with Crippen LogP contribution in [0.1, 0.15) is 32.3 Å². The number of benzene rings is 2. The molecular weight excluding hydrogens is 338 g/mol. The second-order valence-electron chi connectivity index (χ2n) is 5.93. The number of rotatable bonds is 7. The first-order valence-electron chi connectivity index (χ1n) is 8.19. The molecule has 0 heterocycles. The summed E-state index contributed by atoms with van der Waals surface area (Å²) < 4.78 is 37.9. The SMILES string of the molecule is CCN(c1ccc(C(C)C)cc1)S(=O)(=O)c1ccc(OC)c(OC)c1. The lowest BCUT2D eigenvalue weighted by Crippen LogP contribution is -2.30. The quantitative estimate of drug-likeness (QED) is 0.745. The van der Waals surface area contributed by atoms with Crippen molar-refractivity contribution in [3.05, 3.63) is 48.0 Å². The average Bonchev–Trinajstić information content (AvgIpc) is 2.61. The molecule has 25 heavy (non-hydrogen) atoms. The lowest BCUT2D eigenvalue weighted by atomic mass is 10.0. The largest absolute Gasteiger partial charge is 0.493 e. The van der Waals surface area contributed by atoms with Gasteiger partial charge in [0, 0.05) is 12.6 Å². The fourth-order valence-corrected chi connectivity index (χ4v) is 4.11. The van der Waals surface area contributed by atoms with Crippen LogP contribution in [0.25, 0.3) is 0 Å². The van der Waals surface area contributed by atoms with Gasteiger partial charge < -0.3 is 9.47 Å². The molecule has 0 saturated heterocycles. The van der Waals surface area contributed by atoms with Crippen LogP contribution in [0.4, 0.5) is 5.69 Å². The molecule has 0 unspecified atom stereocenters. The van der Waals surface area contributed by atoms with E-state index in [2.05, 4.69) is 13.8 Å². The van der Waals surface area contributed by atoms with Crippen LogP contribution in [0.3, 0.4) is 0 Å². The Bertz CT molecular complexity index is 814. The second-order valence-corrected chi connectivity index (χ2v) is 7.80. The van der Waals surface area contributed by atoms with Gasteiger partial charge in [-0.1, -0.05) is 26.0 Å². The minimum Gasteiger partial charge on any atom is -0.493 e. The van der Waals surface area contributed by atoms with Crippen LogP contribution in [0.2, 0.25) is 0 Å². The van der Waals surface area contributed by atoms with E-state index in [-0.39, 0.29) is 4.90 Å². The fraction of sp³-hybridized carbons (Fsp3) is 0.368. The third-order valence-electron chi connectivity index (χ3n) is 4.08. The van der Waals surface area contributed by atoms with Crippen LogP contribution in [-0.2, 0) is 10.0 Å². The van der Waals surface area contributed by atoms with Gasteiger partial charge in [0.1, 0.15) is 0 Å². The van der Waals surface area contributed by atoms with E-state index in [0.717, 1.165) is 0 Å². The van der Waals surface area contributed by atoms with Crippen molar-refractivity contribution in [2.45, 2.75) is 31.6 Å². The Hall–Kier alpha value is -2.21. The lowest BCUT2D eigenvalue weighted by molar-refractivity contribution is 0.354.